The van der Waals surface area contributed by atoms with E-state index in [-0.39, 0.29) is 0 Å². The zero-order valence-electron chi connectivity index (χ0n) is 7.19. The van der Waals surface area contributed by atoms with Gasteiger partial charge in [-0.1, -0.05) is 0 Å². The Hall–Kier alpha value is -1.05. The van der Waals surface area contributed by atoms with E-state index in [1.807, 2.05) is 0 Å². The predicted octanol–water partition coefficient (Wildman–Crippen LogP) is 0.662. The van der Waals surface area contributed by atoms with Crippen LogP contribution in [0.2, 0.25) is 0 Å². The minimum Gasteiger partial charge on any atom is -0.396 e. The lowest BCUT2D eigenvalue weighted by Gasteiger charge is -2.15. The van der Waals surface area contributed by atoms with Gasteiger partial charge in [-0.05, 0) is 22.6 Å². The van der Waals surface area contributed by atoms with Crippen LogP contribution >= 0.6 is 22.6 Å². The molecule has 72 valence electrons. The molecule has 6 heteroatoms. The van der Waals surface area contributed by atoms with E-state index in [2.05, 4.69) is 27.9 Å². The Morgan fingerprint density at radius 3 is 1.85 bits per heavy atom. The summed E-state index contributed by atoms with van der Waals surface area (Å²) >= 11 is 2.07. The summed E-state index contributed by atoms with van der Waals surface area (Å²) in [6, 6.07) is 0. The Morgan fingerprint density at radius 1 is 0.923 bits per heavy atom. The molecule has 0 fully saturated rings. The molecule has 1 rings (SSSR count). The summed E-state index contributed by atoms with van der Waals surface area (Å²) in [6.07, 6.45) is 0. The molecule has 0 unspecified atom stereocenters. The van der Waals surface area contributed by atoms with E-state index in [1.54, 1.807) is 7.05 Å². The lowest BCUT2D eigenvalue weighted by molar-refractivity contribution is 1.48. The van der Waals surface area contributed by atoms with E-state index < -0.39 is 0 Å². The maximum atomic E-state index is 5.74. The Morgan fingerprint density at radius 2 is 1.38 bits per heavy atom. The molecule has 0 heterocycles. The highest BCUT2D eigenvalue weighted by molar-refractivity contribution is 14.1. The van der Waals surface area contributed by atoms with Crippen molar-refractivity contribution in [2.75, 3.05) is 35.3 Å². The molecule has 13 heavy (non-hydrogen) atoms. The molecule has 0 aliphatic rings. The van der Waals surface area contributed by atoms with E-state index >= 15 is 0 Å². The lowest BCUT2D eigenvalue weighted by Crippen LogP contribution is -2.09. The van der Waals surface area contributed by atoms with Gasteiger partial charge in [0.05, 0.1) is 32.0 Å². The van der Waals surface area contributed by atoms with Crippen LogP contribution in [0.5, 0.6) is 0 Å². The first-order chi connectivity index (χ1) is 6.00. The minimum absolute atomic E-state index is 0.335. The zero-order chi connectivity index (χ0) is 10.2. The van der Waals surface area contributed by atoms with Crippen molar-refractivity contribution in [3.63, 3.8) is 0 Å². The van der Waals surface area contributed by atoms with Gasteiger partial charge >= 0.3 is 0 Å². The molecule has 0 saturated heterocycles. The second kappa shape index (κ2) is 3.36. The quantitative estimate of drug-likeness (QED) is 0.385. The number of benzene rings is 1. The third kappa shape index (κ3) is 1.41. The first-order valence-electron chi connectivity index (χ1n) is 3.59. The van der Waals surface area contributed by atoms with Gasteiger partial charge in [-0.3, -0.25) is 0 Å². The van der Waals surface area contributed by atoms with Crippen LogP contribution in [0.1, 0.15) is 0 Å². The van der Waals surface area contributed by atoms with Gasteiger partial charge in [-0.15, -0.1) is 0 Å². The molecule has 5 nitrogen and oxygen atoms in total. The Balaban J connectivity index is 3.56. The highest BCUT2D eigenvalue weighted by atomic mass is 127. The van der Waals surface area contributed by atoms with Crippen LogP contribution in [0, 0.1) is 3.57 Å². The van der Waals surface area contributed by atoms with E-state index in [1.165, 1.54) is 0 Å². The predicted molar refractivity (Wildman–Crippen MR) is 66.4 cm³/mol. The van der Waals surface area contributed by atoms with Crippen molar-refractivity contribution in [3.05, 3.63) is 3.57 Å². The molecule has 0 amide bonds. The molecule has 0 aliphatic carbocycles. The van der Waals surface area contributed by atoms with Gasteiger partial charge in [0.2, 0.25) is 0 Å². The van der Waals surface area contributed by atoms with Gasteiger partial charge in [-0.25, -0.2) is 0 Å². The van der Waals surface area contributed by atoms with Gasteiger partial charge in [0, 0.05) is 7.05 Å². The van der Waals surface area contributed by atoms with Crippen molar-refractivity contribution < 1.29 is 0 Å². The van der Waals surface area contributed by atoms with Crippen molar-refractivity contribution in [3.8, 4) is 0 Å². The fourth-order valence-corrected chi connectivity index (χ4v) is 1.89. The average Bonchev–Trinajstić information content (AvgIpc) is 2.13. The van der Waals surface area contributed by atoms with Crippen LogP contribution in [0.25, 0.3) is 0 Å². The summed E-state index contributed by atoms with van der Waals surface area (Å²) in [5.74, 6) is 0. The number of nitrogens with one attached hydrogen (secondary N) is 1. The number of rotatable bonds is 1. The first kappa shape index (κ1) is 10.0. The van der Waals surface area contributed by atoms with Crippen molar-refractivity contribution >= 4 is 51.0 Å². The molecule has 0 radical (unpaired) electrons. The second-order valence-corrected chi connectivity index (χ2v) is 3.67. The molecule has 0 spiro atoms. The number of nitrogen functional groups attached to an aromatic ring is 4. The summed E-state index contributed by atoms with van der Waals surface area (Å²) < 4.78 is 0.796. The van der Waals surface area contributed by atoms with Crippen molar-refractivity contribution in [2.24, 2.45) is 0 Å². The molecular formula is C7H12IN5. The third-order valence-corrected chi connectivity index (χ3v) is 2.97. The van der Waals surface area contributed by atoms with Crippen molar-refractivity contribution in [2.45, 2.75) is 0 Å². The van der Waals surface area contributed by atoms with Gasteiger partial charge in [0.25, 0.3) is 0 Å². The summed E-state index contributed by atoms with van der Waals surface area (Å²) in [4.78, 5) is 0. The number of halogens is 1. The normalized spacial score (nSPS) is 10.0. The van der Waals surface area contributed by atoms with Gasteiger partial charge in [-0.2, -0.15) is 0 Å². The van der Waals surface area contributed by atoms with Crippen LogP contribution in [0.4, 0.5) is 28.4 Å². The standard InChI is InChI=1S/C7H12IN5/c1-13-7-2(8)3(9)4(10)5(11)6(7)12/h13H,9-12H2,1H3. The fraction of sp³-hybridized carbons (Fsp3) is 0.143. The van der Waals surface area contributed by atoms with Crippen LogP contribution in [-0.2, 0) is 0 Å². The fourth-order valence-electron chi connectivity index (χ4n) is 1.04. The average molecular weight is 293 g/mol. The van der Waals surface area contributed by atoms with Crippen LogP contribution < -0.4 is 28.3 Å². The monoisotopic (exact) mass is 293 g/mol. The molecular weight excluding hydrogens is 281 g/mol. The van der Waals surface area contributed by atoms with Crippen LogP contribution in [0.3, 0.4) is 0 Å². The van der Waals surface area contributed by atoms with E-state index in [4.69, 9.17) is 22.9 Å². The van der Waals surface area contributed by atoms with Crippen LogP contribution in [-0.4, -0.2) is 7.05 Å². The maximum Gasteiger partial charge on any atom is 0.0825 e. The number of hydrogen-bond donors (Lipinski definition) is 5. The SMILES string of the molecule is CNc1c(N)c(N)c(N)c(N)c1I. The van der Waals surface area contributed by atoms with Crippen LogP contribution in [0.15, 0.2) is 0 Å². The first-order valence-corrected chi connectivity index (χ1v) is 4.67. The molecule has 0 atom stereocenters. The van der Waals surface area contributed by atoms with E-state index in [0.717, 1.165) is 9.26 Å². The second-order valence-electron chi connectivity index (χ2n) is 2.59. The molecule has 1 aromatic carbocycles. The number of nitrogens with two attached hydrogens (primary N) is 4. The highest BCUT2D eigenvalue weighted by Crippen LogP contribution is 2.40. The molecule has 0 aliphatic heterocycles. The number of anilines is 5. The molecule has 0 bridgehead atoms. The lowest BCUT2D eigenvalue weighted by atomic mass is 10.1. The topological polar surface area (TPSA) is 116 Å². The third-order valence-electron chi connectivity index (χ3n) is 1.85. The number of hydrogen-bond acceptors (Lipinski definition) is 5. The summed E-state index contributed by atoms with van der Waals surface area (Å²) in [6.45, 7) is 0. The molecule has 1 aromatic rings. The summed E-state index contributed by atoms with van der Waals surface area (Å²) in [5.41, 5.74) is 25.1. The Bertz CT molecular complexity index is 320. The minimum atomic E-state index is 0.335. The summed E-state index contributed by atoms with van der Waals surface area (Å²) in [7, 11) is 1.75. The smallest absolute Gasteiger partial charge is 0.0825 e. The van der Waals surface area contributed by atoms with Gasteiger partial charge in [0.15, 0.2) is 0 Å². The van der Waals surface area contributed by atoms with Crippen molar-refractivity contribution in [1.82, 2.24) is 0 Å². The highest BCUT2D eigenvalue weighted by Gasteiger charge is 2.14. The molecule has 0 saturated carbocycles. The maximum absolute atomic E-state index is 5.74. The zero-order valence-corrected chi connectivity index (χ0v) is 9.34. The van der Waals surface area contributed by atoms with E-state index in [9.17, 15) is 0 Å². The Kier molecular flexibility index (Phi) is 2.60. The van der Waals surface area contributed by atoms with E-state index in [0.29, 0.717) is 22.7 Å². The molecule has 9 N–H and O–H groups in total. The van der Waals surface area contributed by atoms with Gasteiger partial charge in [0.1, 0.15) is 0 Å². The largest absolute Gasteiger partial charge is 0.396 e. The van der Waals surface area contributed by atoms with Gasteiger partial charge < -0.3 is 28.3 Å². The Labute approximate surface area is 90.0 Å². The van der Waals surface area contributed by atoms with Crippen molar-refractivity contribution in [1.29, 1.82) is 0 Å². The summed E-state index contributed by atoms with van der Waals surface area (Å²) in [5, 5.41) is 2.92. The molecule has 0 aromatic heterocycles.